The zero-order valence-electron chi connectivity index (χ0n) is 17.9. The zero-order chi connectivity index (χ0) is 22.1. The van der Waals surface area contributed by atoms with E-state index in [-0.39, 0.29) is 23.6 Å². The van der Waals surface area contributed by atoms with Crippen LogP contribution in [0.15, 0.2) is 48.5 Å². The predicted octanol–water partition coefficient (Wildman–Crippen LogP) is 4.65. The molecule has 8 heteroatoms. The van der Waals surface area contributed by atoms with E-state index < -0.39 is 10.1 Å². The molecule has 0 bridgehead atoms. The fraction of sp³-hybridized carbons (Fsp3) is 0.409. The van der Waals surface area contributed by atoms with E-state index in [4.69, 9.17) is 8.92 Å². The summed E-state index contributed by atoms with van der Waals surface area (Å²) in [5.74, 6) is 0.915. The van der Waals surface area contributed by atoms with Gasteiger partial charge in [0, 0.05) is 18.3 Å². The Kier molecular flexibility index (Phi) is 8.53. The number of benzene rings is 2. The van der Waals surface area contributed by atoms with Crippen molar-refractivity contribution < 1.29 is 22.1 Å². The molecule has 164 valence electrons. The molecule has 30 heavy (non-hydrogen) atoms. The third kappa shape index (κ3) is 6.95. The molecule has 1 unspecified atom stereocenters. The molecule has 7 nitrogen and oxygen atoms in total. The van der Waals surface area contributed by atoms with E-state index in [1.807, 2.05) is 32.9 Å². The van der Waals surface area contributed by atoms with Crippen LogP contribution in [-0.4, -0.2) is 37.8 Å². The lowest BCUT2D eigenvalue weighted by molar-refractivity contribution is 0.187. The summed E-state index contributed by atoms with van der Waals surface area (Å²) in [6.07, 6.45) is 0.798. The molecule has 2 amide bonds. The molecule has 2 aromatic rings. The number of rotatable bonds is 10. The fourth-order valence-electron chi connectivity index (χ4n) is 2.70. The van der Waals surface area contributed by atoms with Crippen LogP contribution in [0.25, 0.3) is 0 Å². The highest BCUT2D eigenvalue weighted by Gasteiger charge is 2.20. The van der Waals surface area contributed by atoms with Gasteiger partial charge < -0.3 is 19.1 Å². The first-order chi connectivity index (χ1) is 14.3. The molecule has 2 aromatic carbocycles. The van der Waals surface area contributed by atoms with Gasteiger partial charge in [0.1, 0.15) is 11.5 Å². The van der Waals surface area contributed by atoms with Gasteiger partial charge in [-0.3, -0.25) is 0 Å². The maximum atomic E-state index is 12.9. The van der Waals surface area contributed by atoms with Gasteiger partial charge in [-0.05, 0) is 69.2 Å². The number of anilines is 1. The number of ether oxygens (including phenoxy) is 1. The minimum atomic E-state index is -3.56. The van der Waals surface area contributed by atoms with E-state index in [1.54, 1.807) is 41.3 Å². The first kappa shape index (κ1) is 23.5. The molecular weight excluding hydrogens is 404 g/mol. The Labute approximate surface area is 179 Å². The van der Waals surface area contributed by atoms with Crippen molar-refractivity contribution >= 4 is 21.8 Å². The Balaban J connectivity index is 2.08. The Morgan fingerprint density at radius 2 is 1.60 bits per heavy atom. The van der Waals surface area contributed by atoms with Crippen molar-refractivity contribution in [3.05, 3.63) is 54.1 Å². The van der Waals surface area contributed by atoms with Gasteiger partial charge in [-0.15, -0.1) is 0 Å². The number of carbonyl (C=O) groups excluding carboxylic acids is 1. The molecule has 0 aliphatic heterocycles. The van der Waals surface area contributed by atoms with Crippen LogP contribution in [0.2, 0.25) is 0 Å². The third-order valence-electron chi connectivity index (χ3n) is 4.65. The Morgan fingerprint density at radius 1 is 1.00 bits per heavy atom. The van der Waals surface area contributed by atoms with Gasteiger partial charge >= 0.3 is 16.1 Å². The minimum Gasteiger partial charge on any atom is -0.494 e. The van der Waals surface area contributed by atoms with E-state index in [9.17, 15) is 13.2 Å². The number of urea groups is 1. The molecule has 2 rings (SSSR count). The van der Waals surface area contributed by atoms with Crippen LogP contribution in [0.3, 0.4) is 0 Å². The molecule has 0 fully saturated rings. The lowest BCUT2D eigenvalue weighted by Gasteiger charge is -2.29. The second-order valence-corrected chi connectivity index (χ2v) is 8.71. The topological polar surface area (TPSA) is 84.9 Å². The second-order valence-electron chi connectivity index (χ2n) is 6.85. The van der Waals surface area contributed by atoms with Gasteiger partial charge in [-0.25, -0.2) is 4.79 Å². The molecular formula is C22H30N2O5S. The zero-order valence-corrected chi connectivity index (χ0v) is 18.7. The number of carbonyl (C=O) groups is 1. The quantitative estimate of drug-likeness (QED) is 0.550. The Bertz CT molecular complexity index is 912. The normalized spacial score (nSPS) is 12.1. The van der Waals surface area contributed by atoms with Gasteiger partial charge in [-0.1, -0.05) is 19.1 Å². The summed E-state index contributed by atoms with van der Waals surface area (Å²) in [5, 5.41) is 2.92. The van der Waals surface area contributed by atoms with Gasteiger partial charge in [0.25, 0.3) is 0 Å². The van der Waals surface area contributed by atoms with E-state index in [0.717, 1.165) is 17.7 Å². The summed E-state index contributed by atoms with van der Waals surface area (Å²) in [5.41, 5.74) is 1.56. The average Bonchev–Trinajstić information content (AvgIpc) is 2.74. The average molecular weight is 435 g/mol. The smallest absolute Gasteiger partial charge is 0.322 e. The van der Waals surface area contributed by atoms with Crippen molar-refractivity contribution in [3.63, 3.8) is 0 Å². The fourth-order valence-corrected chi connectivity index (χ4v) is 3.22. The van der Waals surface area contributed by atoms with Crippen molar-refractivity contribution in [2.24, 2.45) is 0 Å². The molecule has 0 saturated carbocycles. The molecule has 1 N–H and O–H groups in total. The summed E-state index contributed by atoms with van der Waals surface area (Å²) in [6, 6.07) is 13.8. The van der Waals surface area contributed by atoms with Gasteiger partial charge in [0.05, 0.1) is 12.4 Å². The van der Waals surface area contributed by atoms with Crippen LogP contribution in [0, 0.1) is 0 Å². The largest absolute Gasteiger partial charge is 0.494 e. The molecule has 0 saturated heterocycles. The monoisotopic (exact) mass is 434 g/mol. The number of hydrogen-bond donors (Lipinski definition) is 1. The third-order valence-corrected chi connectivity index (χ3v) is 5.81. The molecule has 0 aromatic heterocycles. The Hall–Kier alpha value is -2.74. The standard InChI is InChI=1S/C22H30N2O5S/c1-5-17(4)24(22(25)23-19-10-14-20(15-11-19)28-6-2)16-18-8-12-21(13-9-18)29-30(26,27)7-3/h8-15,17H,5-7,16H2,1-4H3,(H,23,25). The van der Waals surface area contributed by atoms with Gasteiger partial charge in [-0.2, -0.15) is 8.42 Å². The molecule has 0 heterocycles. The summed E-state index contributed by atoms with van der Waals surface area (Å²) >= 11 is 0. The first-order valence-electron chi connectivity index (χ1n) is 10.1. The van der Waals surface area contributed by atoms with E-state index >= 15 is 0 Å². The Morgan fingerprint density at radius 3 is 2.13 bits per heavy atom. The lowest BCUT2D eigenvalue weighted by Crippen LogP contribution is -2.40. The highest BCUT2D eigenvalue weighted by molar-refractivity contribution is 7.87. The van der Waals surface area contributed by atoms with E-state index in [0.29, 0.717) is 18.8 Å². The molecule has 1 atom stereocenters. The van der Waals surface area contributed by atoms with Gasteiger partial charge in [0.2, 0.25) is 0 Å². The number of nitrogens with one attached hydrogen (secondary N) is 1. The van der Waals surface area contributed by atoms with Crippen molar-refractivity contribution in [2.45, 2.75) is 46.7 Å². The summed E-state index contributed by atoms with van der Waals surface area (Å²) in [4.78, 5) is 14.6. The first-order valence-corrected chi connectivity index (χ1v) is 11.7. The van der Waals surface area contributed by atoms with Crippen molar-refractivity contribution in [1.29, 1.82) is 0 Å². The molecule has 0 spiro atoms. The number of amides is 2. The summed E-state index contributed by atoms with van der Waals surface area (Å²) in [6.45, 7) is 8.43. The SMILES string of the molecule is CCOc1ccc(NC(=O)N(Cc2ccc(OS(=O)(=O)CC)cc2)C(C)CC)cc1. The molecule has 0 aliphatic carbocycles. The number of nitrogens with zero attached hydrogens (tertiary/aromatic N) is 1. The van der Waals surface area contributed by atoms with Crippen LogP contribution in [0.1, 0.15) is 39.7 Å². The van der Waals surface area contributed by atoms with Crippen LogP contribution < -0.4 is 14.2 Å². The predicted molar refractivity (Wildman–Crippen MR) is 118 cm³/mol. The lowest BCUT2D eigenvalue weighted by atomic mass is 10.1. The molecule has 0 aliphatic rings. The maximum Gasteiger partial charge on any atom is 0.322 e. The van der Waals surface area contributed by atoms with Crippen LogP contribution >= 0.6 is 0 Å². The van der Waals surface area contributed by atoms with Crippen molar-refractivity contribution in [2.75, 3.05) is 17.7 Å². The van der Waals surface area contributed by atoms with Crippen molar-refractivity contribution in [1.82, 2.24) is 4.90 Å². The highest BCUT2D eigenvalue weighted by atomic mass is 32.2. The minimum absolute atomic E-state index is 0.0177. The van der Waals surface area contributed by atoms with E-state index in [2.05, 4.69) is 5.32 Å². The van der Waals surface area contributed by atoms with Crippen molar-refractivity contribution in [3.8, 4) is 11.5 Å². The van der Waals surface area contributed by atoms with E-state index in [1.165, 1.54) is 6.92 Å². The second kappa shape index (κ2) is 10.9. The number of hydrogen-bond acceptors (Lipinski definition) is 5. The molecule has 0 radical (unpaired) electrons. The maximum absolute atomic E-state index is 12.9. The van der Waals surface area contributed by atoms with Crippen LogP contribution in [0.5, 0.6) is 11.5 Å². The summed E-state index contributed by atoms with van der Waals surface area (Å²) < 4.78 is 33.6. The van der Waals surface area contributed by atoms with Crippen LogP contribution in [-0.2, 0) is 16.7 Å². The highest BCUT2D eigenvalue weighted by Crippen LogP contribution is 2.20. The van der Waals surface area contributed by atoms with Gasteiger partial charge in [0.15, 0.2) is 0 Å². The van der Waals surface area contributed by atoms with Crippen LogP contribution in [0.4, 0.5) is 10.5 Å². The summed E-state index contributed by atoms with van der Waals surface area (Å²) in [7, 11) is -3.56.